The Morgan fingerprint density at radius 2 is 1.78 bits per heavy atom. The van der Waals surface area contributed by atoms with Crippen LogP contribution in [0.1, 0.15) is 47.3 Å². The second-order valence-corrected chi connectivity index (χ2v) is 12.4. The van der Waals surface area contributed by atoms with Gasteiger partial charge in [0.1, 0.15) is 11.6 Å². The second kappa shape index (κ2) is 13.8. The Kier molecular flexibility index (Phi) is 9.92. The van der Waals surface area contributed by atoms with Crippen molar-refractivity contribution in [3.05, 3.63) is 70.1 Å². The molecule has 41 heavy (non-hydrogen) atoms. The Hall–Kier alpha value is -2.98. The van der Waals surface area contributed by atoms with Crippen molar-refractivity contribution in [1.29, 1.82) is 0 Å². The van der Waals surface area contributed by atoms with Gasteiger partial charge in [-0.2, -0.15) is 0 Å². The number of thiophene rings is 1. The van der Waals surface area contributed by atoms with Gasteiger partial charge in [-0.3, -0.25) is 19.3 Å². The number of carbonyl (C=O) groups is 3. The third-order valence-corrected chi connectivity index (χ3v) is 9.26. The fourth-order valence-electron chi connectivity index (χ4n) is 5.61. The monoisotopic (exact) mass is 596 g/mol. The summed E-state index contributed by atoms with van der Waals surface area (Å²) in [5, 5.41) is 10.6. The lowest BCUT2D eigenvalue weighted by molar-refractivity contribution is -0.132. The predicted molar refractivity (Wildman–Crippen MR) is 162 cm³/mol. The molecule has 1 atom stereocenters. The number of nitrogens with zero attached hydrogens (tertiary/aromatic N) is 1. The molecule has 0 spiro atoms. The number of hydrogen-bond acceptors (Lipinski definition) is 6. The van der Waals surface area contributed by atoms with Crippen molar-refractivity contribution < 1.29 is 19.1 Å². The summed E-state index contributed by atoms with van der Waals surface area (Å²) in [6.45, 7) is 4.71. The van der Waals surface area contributed by atoms with Gasteiger partial charge < -0.3 is 20.7 Å². The molecular formula is C31H37ClN4O4S. The summed E-state index contributed by atoms with van der Waals surface area (Å²) in [4.78, 5) is 43.5. The molecule has 3 amide bonds. The molecule has 1 aliphatic heterocycles. The maximum absolute atomic E-state index is 13.9. The van der Waals surface area contributed by atoms with E-state index in [0.717, 1.165) is 67.8 Å². The predicted octanol–water partition coefficient (Wildman–Crippen LogP) is 4.16. The van der Waals surface area contributed by atoms with Gasteiger partial charge in [0.25, 0.3) is 5.91 Å². The van der Waals surface area contributed by atoms with Crippen molar-refractivity contribution >= 4 is 50.7 Å². The fourth-order valence-corrected chi connectivity index (χ4v) is 6.73. The van der Waals surface area contributed by atoms with Gasteiger partial charge in [0, 0.05) is 35.8 Å². The Labute approximate surface area is 249 Å². The number of ether oxygens (including phenoxy) is 1. The molecule has 0 radical (unpaired) electrons. The molecule has 10 heteroatoms. The number of fused-ring (bicyclic) bond motifs is 1. The van der Waals surface area contributed by atoms with Crippen LogP contribution in [-0.4, -0.2) is 73.6 Å². The maximum atomic E-state index is 13.9. The minimum absolute atomic E-state index is 0.218. The maximum Gasteiger partial charge on any atom is 0.262 e. The third kappa shape index (κ3) is 7.65. The molecule has 2 aliphatic rings. The summed E-state index contributed by atoms with van der Waals surface area (Å²) in [6, 6.07) is 16.2. The van der Waals surface area contributed by atoms with Gasteiger partial charge in [-0.1, -0.05) is 54.8 Å². The van der Waals surface area contributed by atoms with Gasteiger partial charge in [-0.25, -0.2) is 0 Å². The first-order chi connectivity index (χ1) is 19.9. The van der Waals surface area contributed by atoms with Crippen molar-refractivity contribution in [3.8, 4) is 0 Å². The number of nitrogens with one attached hydrogen (secondary N) is 3. The molecule has 1 saturated heterocycles. The minimum atomic E-state index is -1.06. The molecule has 0 bridgehead atoms. The Bertz CT molecular complexity index is 1350. The zero-order valence-electron chi connectivity index (χ0n) is 23.1. The first-order valence-corrected chi connectivity index (χ1v) is 15.6. The molecule has 218 valence electrons. The lowest BCUT2D eigenvalue weighted by Crippen LogP contribution is -2.61. The second-order valence-electron chi connectivity index (χ2n) is 10.9. The van der Waals surface area contributed by atoms with Crippen molar-refractivity contribution in [2.45, 2.75) is 50.1 Å². The number of carbonyl (C=O) groups excluding carboxylic acids is 3. The summed E-state index contributed by atoms with van der Waals surface area (Å²) >= 11 is 7.50. The van der Waals surface area contributed by atoms with Gasteiger partial charge in [0.15, 0.2) is 0 Å². The smallest absolute Gasteiger partial charge is 0.262 e. The minimum Gasteiger partial charge on any atom is -0.379 e. The molecule has 5 rings (SSSR count). The average molecular weight is 597 g/mol. The van der Waals surface area contributed by atoms with Crippen molar-refractivity contribution in [3.63, 3.8) is 0 Å². The number of rotatable bonds is 11. The van der Waals surface area contributed by atoms with Crippen LogP contribution in [0.4, 0.5) is 0 Å². The topological polar surface area (TPSA) is 99.8 Å². The van der Waals surface area contributed by atoms with Crippen LogP contribution in [0, 0.1) is 0 Å². The van der Waals surface area contributed by atoms with Crippen LogP contribution in [-0.2, 0) is 20.7 Å². The molecule has 2 aromatic carbocycles. The number of amides is 3. The molecule has 1 saturated carbocycles. The van der Waals surface area contributed by atoms with Crippen LogP contribution in [0.15, 0.2) is 54.6 Å². The van der Waals surface area contributed by atoms with Crippen LogP contribution < -0.4 is 16.0 Å². The number of benzene rings is 2. The summed E-state index contributed by atoms with van der Waals surface area (Å²) in [6.07, 6.45) is 3.89. The van der Waals surface area contributed by atoms with E-state index in [-0.39, 0.29) is 17.7 Å². The van der Waals surface area contributed by atoms with Crippen molar-refractivity contribution in [2.75, 3.05) is 39.4 Å². The summed E-state index contributed by atoms with van der Waals surface area (Å²) in [5.74, 6) is -0.812. The van der Waals surface area contributed by atoms with E-state index in [1.807, 2.05) is 48.5 Å². The molecule has 1 aliphatic carbocycles. The van der Waals surface area contributed by atoms with Gasteiger partial charge in [0.05, 0.1) is 18.1 Å². The Morgan fingerprint density at radius 3 is 2.54 bits per heavy atom. The summed E-state index contributed by atoms with van der Waals surface area (Å²) in [7, 11) is 0. The molecule has 2 heterocycles. The van der Waals surface area contributed by atoms with Crippen LogP contribution in [0.25, 0.3) is 10.1 Å². The highest BCUT2D eigenvalue weighted by Crippen LogP contribution is 2.33. The molecule has 0 unspecified atom stereocenters. The molecule has 1 aromatic heterocycles. The molecular weight excluding hydrogens is 560 g/mol. The normalized spacial score (nSPS) is 17.7. The molecule has 3 N–H and O–H groups in total. The van der Waals surface area contributed by atoms with Gasteiger partial charge in [-0.15, -0.1) is 11.3 Å². The van der Waals surface area contributed by atoms with Crippen LogP contribution in [0.5, 0.6) is 0 Å². The zero-order chi connectivity index (χ0) is 28.7. The number of halogens is 1. The van der Waals surface area contributed by atoms with Crippen molar-refractivity contribution in [1.82, 2.24) is 20.9 Å². The first kappa shape index (κ1) is 29.5. The zero-order valence-corrected chi connectivity index (χ0v) is 24.7. The van der Waals surface area contributed by atoms with Gasteiger partial charge >= 0.3 is 0 Å². The first-order valence-electron chi connectivity index (χ1n) is 14.4. The highest BCUT2D eigenvalue weighted by molar-refractivity contribution is 7.20. The van der Waals surface area contributed by atoms with E-state index >= 15 is 0 Å². The Morgan fingerprint density at radius 1 is 1.02 bits per heavy atom. The highest BCUT2D eigenvalue weighted by atomic mass is 35.5. The standard InChI is InChI=1S/C31H37ClN4O4S/c32-24-9-10-26-23(20-24)21-27(41-26)29(38)35-31(11-4-5-12-31)30(39)34-25(19-22-7-2-1-3-8-22)28(37)33-13-6-14-36-15-17-40-18-16-36/h1-3,7-10,20-21,25H,4-6,11-19H2,(H,33,37)(H,34,39)(H,35,38)/t25-/m1/s1. The van der Waals surface area contributed by atoms with Crippen LogP contribution >= 0.6 is 22.9 Å². The summed E-state index contributed by atoms with van der Waals surface area (Å²) in [5.41, 5.74) is -0.106. The van der Waals surface area contributed by atoms with E-state index in [2.05, 4.69) is 20.9 Å². The lowest BCUT2D eigenvalue weighted by Gasteiger charge is -2.31. The van der Waals surface area contributed by atoms with E-state index in [4.69, 9.17) is 16.3 Å². The third-order valence-electron chi connectivity index (χ3n) is 7.91. The lowest BCUT2D eigenvalue weighted by atomic mass is 9.94. The molecule has 2 fully saturated rings. The van der Waals surface area contributed by atoms with E-state index < -0.39 is 11.6 Å². The molecule has 3 aromatic rings. The van der Waals surface area contributed by atoms with Crippen LogP contribution in [0.2, 0.25) is 5.02 Å². The van der Waals surface area contributed by atoms with Gasteiger partial charge in [-0.05, 0) is 61.0 Å². The highest BCUT2D eigenvalue weighted by Gasteiger charge is 2.44. The average Bonchev–Trinajstić information content (AvgIpc) is 3.64. The van der Waals surface area contributed by atoms with Crippen molar-refractivity contribution in [2.24, 2.45) is 0 Å². The van der Waals surface area contributed by atoms with E-state index in [9.17, 15) is 14.4 Å². The van der Waals surface area contributed by atoms with E-state index in [1.54, 1.807) is 6.07 Å². The SMILES string of the molecule is O=C(NC1(C(=O)N[C@H](Cc2ccccc2)C(=O)NCCCN2CCOCC2)CCCC1)c1cc2cc(Cl)ccc2s1. The number of morpholine rings is 1. The quantitative estimate of drug-likeness (QED) is 0.289. The Balaban J connectivity index is 1.25. The number of hydrogen-bond donors (Lipinski definition) is 3. The molecule has 8 nitrogen and oxygen atoms in total. The summed E-state index contributed by atoms with van der Waals surface area (Å²) < 4.78 is 6.36. The van der Waals surface area contributed by atoms with Crippen LogP contribution in [0.3, 0.4) is 0 Å². The largest absolute Gasteiger partial charge is 0.379 e. The van der Waals surface area contributed by atoms with Gasteiger partial charge in [0.2, 0.25) is 11.8 Å². The van der Waals surface area contributed by atoms with E-state index in [0.29, 0.717) is 35.7 Å². The van der Waals surface area contributed by atoms with E-state index in [1.165, 1.54) is 11.3 Å². The fraction of sp³-hybridized carbons (Fsp3) is 0.452.